The minimum Gasteiger partial charge on any atom is -0.352 e. The number of aromatic nitrogens is 1. The van der Waals surface area contributed by atoms with Gasteiger partial charge in [-0.25, -0.2) is 0 Å². The molecule has 0 saturated carbocycles. The van der Waals surface area contributed by atoms with E-state index in [0.717, 1.165) is 26.2 Å². The van der Waals surface area contributed by atoms with Crippen LogP contribution in [-0.2, 0) is 17.9 Å². The Morgan fingerprint density at radius 3 is 3.00 bits per heavy atom. The molecule has 0 radical (unpaired) electrons. The average Bonchev–Trinajstić information content (AvgIpc) is 3.10. The van der Waals surface area contributed by atoms with Crippen LogP contribution in [0.4, 0.5) is 0 Å². The van der Waals surface area contributed by atoms with Crippen LogP contribution in [0.2, 0.25) is 0 Å². The van der Waals surface area contributed by atoms with Gasteiger partial charge in [0, 0.05) is 56.3 Å². The Bertz CT molecular complexity index is 674. The molecule has 1 N–H and O–H groups in total. The number of hydrogen-bond acceptors (Lipinski definition) is 2. The molecular formula is C17H21N3O. The summed E-state index contributed by atoms with van der Waals surface area (Å²) in [7, 11) is 0. The Morgan fingerprint density at radius 2 is 2.19 bits per heavy atom. The van der Waals surface area contributed by atoms with E-state index in [1.165, 1.54) is 16.5 Å². The Kier molecular flexibility index (Phi) is 3.00. The molecule has 0 aliphatic carbocycles. The summed E-state index contributed by atoms with van der Waals surface area (Å²) in [5, 5.41) is 4.41. The van der Waals surface area contributed by atoms with Crippen molar-refractivity contribution < 1.29 is 4.79 Å². The molecule has 0 bridgehead atoms. The van der Waals surface area contributed by atoms with Gasteiger partial charge in [0.15, 0.2) is 0 Å². The van der Waals surface area contributed by atoms with Crippen molar-refractivity contribution in [2.24, 2.45) is 5.92 Å². The van der Waals surface area contributed by atoms with Crippen LogP contribution >= 0.6 is 0 Å². The molecule has 4 rings (SSSR count). The van der Waals surface area contributed by atoms with Crippen molar-refractivity contribution in [1.82, 2.24) is 14.8 Å². The molecule has 0 spiro atoms. The highest BCUT2D eigenvalue weighted by molar-refractivity contribution is 5.81. The molecule has 2 aliphatic rings. The number of carbonyl (C=O) groups is 1. The van der Waals surface area contributed by atoms with Crippen LogP contribution in [0.1, 0.15) is 18.9 Å². The molecule has 2 fully saturated rings. The minimum atomic E-state index is 0.229. The second-order valence-electron chi connectivity index (χ2n) is 6.33. The molecule has 4 nitrogen and oxygen atoms in total. The zero-order valence-electron chi connectivity index (χ0n) is 12.4. The second-order valence-corrected chi connectivity index (χ2v) is 6.33. The van der Waals surface area contributed by atoms with Gasteiger partial charge in [0.25, 0.3) is 0 Å². The maximum atomic E-state index is 11.4. The van der Waals surface area contributed by atoms with Gasteiger partial charge in [-0.2, -0.15) is 0 Å². The normalized spacial score (nSPS) is 25.5. The smallest absolute Gasteiger partial charge is 0.220 e. The van der Waals surface area contributed by atoms with Crippen LogP contribution in [0.5, 0.6) is 0 Å². The molecule has 2 aromatic rings. The predicted octanol–water partition coefficient (Wildman–Crippen LogP) is 1.98. The molecular weight excluding hydrogens is 262 g/mol. The van der Waals surface area contributed by atoms with Gasteiger partial charge >= 0.3 is 0 Å². The maximum absolute atomic E-state index is 11.4. The van der Waals surface area contributed by atoms with Crippen molar-refractivity contribution in [3.05, 3.63) is 36.0 Å². The molecule has 2 saturated heterocycles. The van der Waals surface area contributed by atoms with Crippen molar-refractivity contribution in [3.8, 4) is 0 Å². The molecule has 21 heavy (non-hydrogen) atoms. The third-order valence-corrected chi connectivity index (χ3v) is 4.89. The van der Waals surface area contributed by atoms with Gasteiger partial charge in [0.05, 0.1) is 0 Å². The van der Waals surface area contributed by atoms with E-state index in [-0.39, 0.29) is 5.91 Å². The summed E-state index contributed by atoms with van der Waals surface area (Å²) < 4.78 is 2.27. The van der Waals surface area contributed by atoms with Gasteiger partial charge in [-0.1, -0.05) is 6.07 Å². The molecule has 0 unspecified atom stereocenters. The highest BCUT2D eigenvalue weighted by Crippen LogP contribution is 2.27. The maximum Gasteiger partial charge on any atom is 0.220 e. The number of aryl methyl sites for hydroxylation is 1. The highest BCUT2D eigenvalue weighted by atomic mass is 16.2. The molecule has 2 aliphatic heterocycles. The first-order valence-corrected chi connectivity index (χ1v) is 7.82. The number of hydrogen-bond donors (Lipinski definition) is 1. The highest BCUT2D eigenvalue weighted by Gasteiger charge is 2.39. The summed E-state index contributed by atoms with van der Waals surface area (Å²) in [6.07, 6.45) is 2.86. The Hall–Kier alpha value is -1.81. The fraction of sp³-hybridized carbons (Fsp3) is 0.471. The summed E-state index contributed by atoms with van der Waals surface area (Å²) in [6.45, 7) is 6.20. The standard InChI is InChI=1S/C17H21N3O/c1-2-20-6-5-13-7-12(3-4-16(13)20)9-19-10-14-8-17(21)18-15(14)11-19/h3-7,14-15H,2,8-11H2,1H3,(H,18,21)/t14-,15+/m0/s1. The quantitative estimate of drug-likeness (QED) is 0.935. The number of nitrogens with one attached hydrogen (secondary N) is 1. The zero-order chi connectivity index (χ0) is 14.4. The molecule has 1 amide bonds. The van der Waals surface area contributed by atoms with Gasteiger partial charge in [0.1, 0.15) is 0 Å². The first kappa shape index (κ1) is 12.9. The van der Waals surface area contributed by atoms with Crippen molar-refractivity contribution in [1.29, 1.82) is 0 Å². The number of amides is 1. The summed E-state index contributed by atoms with van der Waals surface area (Å²) in [5.74, 6) is 0.745. The van der Waals surface area contributed by atoms with E-state index in [2.05, 4.69) is 52.2 Å². The topological polar surface area (TPSA) is 37.3 Å². The van der Waals surface area contributed by atoms with Gasteiger partial charge in [-0.05, 0) is 36.1 Å². The van der Waals surface area contributed by atoms with E-state index in [0.29, 0.717) is 18.4 Å². The molecule has 2 atom stereocenters. The lowest BCUT2D eigenvalue weighted by atomic mass is 10.1. The summed E-state index contributed by atoms with van der Waals surface area (Å²) in [4.78, 5) is 13.8. The van der Waals surface area contributed by atoms with Gasteiger partial charge < -0.3 is 9.88 Å². The number of nitrogens with zero attached hydrogens (tertiary/aromatic N) is 2. The predicted molar refractivity (Wildman–Crippen MR) is 82.9 cm³/mol. The van der Waals surface area contributed by atoms with Gasteiger partial charge in [-0.15, -0.1) is 0 Å². The lowest BCUT2D eigenvalue weighted by molar-refractivity contribution is -0.119. The van der Waals surface area contributed by atoms with Crippen molar-refractivity contribution >= 4 is 16.8 Å². The zero-order valence-corrected chi connectivity index (χ0v) is 12.4. The molecule has 1 aromatic carbocycles. The van der Waals surface area contributed by atoms with E-state index in [4.69, 9.17) is 0 Å². The van der Waals surface area contributed by atoms with Crippen molar-refractivity contribution in [3.63, 3.8) is 0 Å². The molecule has 4 heteroatoms. The number of likely N-dealkylation sites (tertiary alicyclic amines) is 1. The van der Waals surface area contributed by atoms with Crippen LogP contribution in [0, 0.1) is 5.92 Å². The van der Waals surface area contributed by atoms with Crippen molar-refractivity contribution in [2.45, 2.75) is 32.5 Å². The molecule has 3 heterocycles. The van der Waals surface area contributed by atoms with Crippen LogP contribution < -0.4 is 5.32 Å². The first-order chi connectivity index (χ1) is 10.2. The third-order valence-electron chi connectivity index (χ3n) is 4.89. The van der Waals surface area contributed by atoms with E-state index < -0.39 is 0 Å². The number of carbonyl (C=O) groups excluding carboxylic acids is 1. The second kappa shape index (κ2) is 4.88. The number of benzene rings is 1. The monoisotopic (exact) mass is 283 g/mol. The molecule has 1 aromatic heterocycles. The van der Waals surface area contributed by atoms with Crippen LogP contribution in [0.25, 0.3) is 10.9 Å². The van der Waals surface area contributed by atoms with Gasteiger partial charge in [0.2, 0.25) is 5.91 Å². The van der Waals surface area contributed by atoms with Crippen LogP contribution in [-0.4, -0.2) is 34.5 Å². The largest absolute Gasteiger partial charge is 0.352 e. The van der Waals surface area contributed by atoms with E-state index in [1.54, 1.807) is 0 Å². The van der Waals surface area contributed by atoms with Crippen molar-refractivity contribution in [2.75, 3.05) is 13.1 Å². The lowest BCUT2D eigenvalue weighted by Crippen LogP contribution is -2.32. The lowest BCUT2D eigenvalue weighted by Gasteiger charge is -2.17. The SMILES string of the molecule is CCn1ccc2cc(CN3C[C@@H]4CC(=O)N[C@@H]4C3)ccc21. The number of rotatable bonds is 3. The Balaban J connectivity index is 1.49. The summed E-state index contributed by atoms with van der Waals surface area (Å²) in [5.41, 5.74) is 2.68. The average molecular weight is 283 g/mol. The number of fused-ring (bicyclic) bond motifs is 2. The van der Waals surface area contributed by atoms with Crippen LogP contribution in [0.15, 0.2) is 30.5 Å². The van der Waals surface area contributed by atoms with Gasteiger partial charge in [-0.3, -0.25) is 9.69 Å². The fourth-order valence-electron chi connectivity index (χ4n) is 3.85. The summed E-state index contributed by atoms with van der Waals surface area (Å²) in [6, 6.07) is 9.34. The first-order valence-electron chi connectivity index (χ1n) is 7.82. The van der Waals surface area contributed by atoms with E-state index >= 15 is 0 Å². The summed E-state index contributed by atoms with van der Waals surface area (Å²) >= 11 is 0. The molecule has 110 valence electrons. The minimum absolute atomic E-state index is 0.229. The fourth-order valence-corrected chi connectivity index (χ4v) is 3.85. The van der Waals surface area contributed by atoms with Crippen LogP contribution in [0.3, 0.4) is 0 Å². The third kappa shape index (κ3) is 2.23. The van der Waals surface area contributed by atoms with E-state index in [9.17, 15) is 4.79 Å². The Labute approximate surface area is 124 Å². The Morgan fingerprint density at radius 1 is 1.29 bits per heavy atom. The van der Waals surface area contributed by atoms with E-state index in [1.807, 2.05) is 0 Å².